The molecule has 0 saturated carbocycles. The number of imide groups is 1. The third-order valence-electron chi connectivity index (χ3n) is 4.24. The number of benzene rings is 1. The van der Waals surface area contributed by atoms with Gasteiger partial charge in [-0.3, -0.25) is 19.7 Å². The van der Waals surface area contributed by atoms with Crippen molar-refractivity contribution < 1.29 is 19.2 Å². The number of nitrogens with two attached hydrogens (primary N) is 1. The van der Waals surface area contributed by atoms with E-state index >= 15 is 0 Å². The minimum atomic E-state index is -0.760. The number of urea groups is 1. The predicted octanol–water partition coefficient (Wildman–Crippen LogP) is 1.03. The molecule has 28 heavy (non-hydrogen) atoms. The quantitative estimate of drug-likeness (QED) is 0.522. The number of nitrogens with zero attached hydrogens (tertiary/aromatic N) is 1. The molecule has 148 valence electrons. The lowest BCUT2D eigenvalue weighted by atomic mass is 10.1. The molecule has 5 amide bonds. The number of thioether (sulfide) groups is 1. The monoisotopic (exact) mass is 423 g/mol. The molecule has 2 aliphatic rings. The van der Waals surface area contributed by atoms with Crippen LogP contribution in [-0.4, -0.2) is 48.8 Å². The molecular formula is C17H18ClN5O4S. The number of para-hydroxylation sites is 1. The normalized spacial score (nSPS) is 20.4. The zero-order chi connectivity index (χ0) is 20.3. The molecule has 2 heterocycles. The Morgan fingerprint density at radius 2 is 2.18 bits per heavy atom. The molecule has 11 heteroatoms. The zero-order valence-corrected chi connectivity index (χ0v) is 16.2. The van der Waals surface area contributed by atoms with Crippen molar-refractivity contribution in [2.75, 3.05) is 24.5 Å². The van der Waals surface area contributed by atoms with Gasteiger partial charge in [0.1, 0.15) is 0 Å². The first-order valence-corrected chi connectivity index (χ1v) is 9.64. The zero-order valence-electron chi connectivity index (χ0n) is 14.7. The largest absolute Gasteiger partial charge is 0.368 e. The standard InChI is InChI=1S/C17H18ClN5O4S/c18-11-3-1-2-9(6-12-15(25)22-17(27)28-12)14(11)23-5-4-10(8-23)21-13(24)7-20-16(19)26/h1-3,6,10H,4-5,7-8H2,(H,21,24)(H3,19,20,26)(H,22,25,27)/t10-/m0/s1. The summed E-state index contributed by atoms with van der Waals surface area (Å²) < 4.78 is 0. The first-order valence-electron chi connectivity index (χ1n) is 8.44. The first kappa shape index (κ1) is 20.0. The highest BCUT2D eigenvalue weighted by Gasteiger charge is 2.29. The van der Waals surface area contributed by atoms with Crippen LogP contribution in [0.4, 0.5) is 15.3 Å². The average Bonchev–Trinajstić information content (AvgIpc) is 3.19. The van der Waals surface area contributed by atoms with Crippen LogP contribution in [0.15, 0.2) is 23.1 Å². The topological polar surface area (TPSA) is 134 Å². The van der Waals surface area contributed by atoms with Crippen molar-refractivity contribution in [2.45, 2.75) is 12.5 Å². The number of rotatable bonds is 5. The lowest BCUT2D eigenvalue weighted by molar-refractivity contribution is -0.120. The first-order chi connectivity index (χ1) is 13.3. The Bertz CT molecular complexity index is 875. The molecule has 9 nitrogen and oxygen atoms in total. The van der Waals surface area contributed by atoms with Crippen LogP contribution in [-0.2, 0) is 9.59 Å². The molecule has 1 atom stereocenters. The van der Waals surface area contributed by atoms with Gasteiger partial charge in [0.25, 0.3) is 11.1 Å². The molecule has 0 unspecified atom stereocenters. The van der Waals surface area contributed by atoms with Crippen molar-refractivity contribution in [3.63, 3.8) is 0 Å². The lowest BCUT2D eigenvalue weighted by Crippen LogP contribution is -2.44. The Morgan fingerprint density at radius 1 is 1.39 bits per heavy atom. The Balaban J connectivity index is 1.73. The predicted molar refractivity (Wildman–Crippen MR) is 107 cm³/mol. The summed E-state index contributed by atoms with van der Waals surface area (Å²) in [5.74, 6) is -0.765. The SMILES string of the molecule is NC(=O)NCC(=O)N[C@H]1CCN(c2c(Cl)cccc2C=C2SC(=O)NC2=O)C1. The van der Waals surface area contributed by atoms with Crippen LogP contribution in [0.2, 0.25) is 5.02 Å². The highest BCUT2D eigenvalue weighted by Crippen LogP contribution is 2.35. The fourth-order valence-corrected chi connectivity index (χ4v) is 4.05. The summed E-state index contributed by atoms with van der Waals surface area (Å²) >= 11 is 7.24. The number of halogens is 1. The number of hydrogen-bond donors (Lipinski definition) is 4. The minimum Gasteiger partial charge on any atom is -0.368 e. The summed E-state index contributed by atoms with van der Waals surface area (Å²) in [5.41, 5.74) is 6.40. The summed E-state index contributed by atoms with van der Waals surface area (Å²) in [6, 6.07) is 4.44. The molecule has 0 bridgehead atoms. The molecule has 2 fully saturated rings. The average molecular weight is 424 g/mol. The van der Waals surface area contributed by atoms with Crippen molar-refractivity contribution in [3.05, 3.63) is 33.7 Å². The lowest BCUT2D eigenvalue weighted by Gasteiger charge is -2.23. The van der Waals surface area contributed by atoms with Crippen molar-refractivity contribution in [2.24, 2.45) is 5.73 Å². The summed E-state index contributed by atoms with van der Waals surface area (Å²) in [5, 5.41) is 7.40. The Kier molecular flexibility index (Phi) is 6.10. The molecule has 0 aromatic heterocycles. The van der Waals surface area contributed by atoms with Crippen molar-refractivity contribution in [1.29, 1.82) is 0 Å². The van der Waals surface area contributed by atoms with E-state index < -0.39 is 17.2 Å². The van der Waals surface area contributed by atoms with E-state index in [9.17, 15) is 19.2 Å². The number of primary amides is 1. The molecule has 0 aliphatic carbocycles. The maximum Gasteiger partial charge on any atom is 0.312 e. The van der Waals surface area contributed by atoms with Gasteiger partial charge in [-0.05, 0) is 30.3 Å². The van der Waals surface area contributed by atoms with Crippen LogP contribution in [0.25, 0.3) is 6.08 Å². The van der Waals surface area contributed by atoms with Gasteiger partial charge in [0.2, 0.25) is 5.91 Å². The van der Waals surface area contributed by atoms with E-state index in [1.54, 1.807) is 18.2 Å². The second-order valence-corrected chi connectivity index (χ2v) is 7.67. The van der Waals surface area contributed by atoms with Gasteiger partial charge in [-0.1, -0.05) is 23.7 Å². The number of nitrogens with one attached hydrogen (secondary N) is 3. The maximum absolute atomic E-state index is 11.9. The fourth-order valence-electron chi connectivity index (χ4n) is 3.07. The highest BCUT2D eigenvalue weighted by atomic mass is 35.5. The summed E-state index contributed by atoms with van der Waals surface area (Å²) in [4.78, 5) is 48.1. The Morgan fingerprint density at radius 3 is 2.86 bits per heavy atom. The minimum absolute atomic E-state index is 0.121. The van der Waals surface area contributed by atoms with Gasteiger partial charge >= 0.3 is 6.03 Å². The van der Waals surface area contributed by atoms with E-state index in [1.807, 2.05) is 11.0 Å². The van der Waals surface area contributed by atoms with Crippen LogP contribution < -0.4 is 26.6 Å². The van der Waals surface area contributed by atoms with E-state index in [0.717, 1.165) is 17.4 Å². The van der Waals surface area contributed by atoms with Gasteiger partial charge in [-0.15, -0.1) is 0 Å². The second-order valence-electron chi connectivity index (χ2n) is 6.25. The van der Waals surface area contributed by atoms with Crippen LogP contribution in [0, 0.1) is 0 Å². The van der Waals surface area contributed by atoms with E-state index in [4.69, 9.17) is 17.3 Å². The number of carbonyl (C=O) groups is 4. The third kappa shape index (κ3) is 4.76. The van der Waals surface area contributed by atoms with Crippen LogP contribution in [0.3, 0.4) is 0 Å². The molecule has 5 N–H and O–H groups in total. The summed E-state index contributed by atoms with van der Waals surface area (Å²) in [7, 11) is 0. The molecule has 3 rings (SSSR count). The highest BCUT2D eigenvalue weighted by molar-refractivity contribution is 8.18. The molecule has 0 radical (unpaired) electrons. The molecule has 2 saturated heterocycles. The van der Waals surface area contributed by atoms with Crippen molar-refractivity contribution in [3.8, 4) is 0 Å². The van der Waals surface area contributed by atoms with Gasteiger partial charge in [-0.2, -0.15) is 0 Å². The summed E-state index contributed by atoms with van der Waals surface area (Å²) in [6.45, 7) is 0.975. The molecule has 1 aromatic rings. The number of carbonyl (C=O) groups excluding carboxylic acids is 4. The van der Waals surface area contributed by atoms with Gasteiger partial charge in [0.05, 0.1) is 22.2 Å². The van der Waals surface area contributed by atoms with E-state index in [1.165, 1.54) is 0 Å². The van der Waals surface area contributed by atoms with Crippen LogP contribution >= 0.6 is 23.4 Å². The van der Waals surface area contributed by atoms with Gasteiger partial charge in [0, 0.05) is 24.7 Å². The fraction of sp³-hybridized carbons (Fsp3) is 0.294. The number of anilines is 1. The van der Waals surface area contributed by atoms with Gasteiger partial charge < -0.3 is 21.3 Å². The summed E-state index contributed by atoms with van der Waals surface area (Å²) in [6.07, 6.45) is 2.33. The molecule has 1 aromatic carbocycles. The van der Waals surface area contributed by atoms with Crippen molar-refractivity contribution in [1.82, 2.24) is 16.0 Å². The van der Waals surface area contributed by atoms with Gasteiger partial charge in [0.15, 0.2) is 0 Å². The molecule has 2 aliphatic heterocycles. The second kappa shape index (κ2) is 8.53. The molecule has 0 spiro atoms. The number of hydrogen-bond acceptors (Lipinski definition) is 6. The van der Waals surface area contributed by atoms with Gasteiger partial charge in [-0.25, -0.2) is 4.79 Å². The smallest absolute Gasteiger partial charge is 0.312 e. The Labute approximate surface area is 170 Å². The van der Waals surface area contributed by atoms with E-state index in [2.05, 4.69) is 16.0 Å². The number of amides is 5. The molecular weight excluding hydrogens is 406 g/mol. The maximum atomic E-state index is 11.9. The third-order valence-corrected chi connectivity index (χ3v) is 5.36. The van der Waals surface area contributed by atoms with Crippen molar-refractivity contribution >= 4 is 58.2 Å². The van der Waals surface area contributed by atoms with E-state index in [0.29, 0.717) is 35.0 Å². The Hall–Kier alpha value is -2.72. The van der Waals surface area contributed by atoms with Crippen LogP contribution in [0.5, 0.6) is 0 Å². The van der Waals surface area contributed by atoms with Crippen LogP contribution in [0.1, 0.15) is 12.0 Å². The van der Waals surface area contributed by atoms with E-state index in [-0.39, 0.29) is 18.5 Å².